The summed E-state index contributed by atoms with van der Waals surface area (Å²) in [4.78, 5) is 37.2. The summed E-state index contributed by atoms with van der Waals surface area (Å²) in [7, 11) is 0. The van der Waals surface area contributed by atoms with Gasteiger partial charge in [-0.05, 0) is 25.0 Å². The fourth-order valence-electron chi connectivity index (χ4n) is 3.02. The van der Waals surface area contributed by atoms with Gasteiger partial charge in [-0.25, -0.2) is 0 Å². The van der Waals surface area contributed by atoms with Crippen LogP contribution in [0.15, 0.2) is 18.2 Å². The number of fused-ring (bicyclic) bond motifs is 1. The van der Waals surface area contributed by atoms with E-state index in [1.54, 1.807) is 25.1 Å². The molecule has 2 aliphatic rings. The third kappa shape index (κ3) is 2.62. The smallest absolute Gasteiger partial charge is 0.308 e. The topological polar surface area (TPSA) is 95.9 Å². The summed E-state index contributed by atoms with van der Waals surface area (Å²) in [5, 5.41) is 11.9. The van der Waals surface area contributed by atoms with Crippen LogP contribution >= 0.6 is 0 Å². The highest BCUT2D eigenvalue weighted by Crippen LogP contribution is 2.35. The number of likely N-dealkylation sites (tertiary alicyclic amines) is 1. The lowest BCUT2D eigenvalue weighted by atomic mass is 9.99. The number of carboxylic acids is 1. The molecule has 7 heteroatoms. The van der Waals surface area contributed by atoms with Gasteiger partial charge in [0.2, 0.25) is 0 Å². The van der Waals surface area contributed by atoms with E-state index in [4.69, 9.17) is 4.74 Å². The maximum atomic E-state index is 12.8. The predicted octanol–water partition coefficient (Wildman–Crippen LogP) is 1.20. The molecule has 1 aromatic carbocycles. The van der Waals surface area contributed by atoms with Crippen LogP contribution in [0.2, 0.25) is 0 Å². The number of hydrogen-bond donors (Lipinski definition) is 2. The molecule has 2 amide bonds. The minimum atomic E-state index is -0.889. The minimum absolute atomic E-state index is 0.101. The van der Waals surface area contributed by atoms with E-state index in [-0.39, 0.29) is 24.3 Å². The van der Waals surface area contributed by atoms with Crippen LogP contribution in [0.3, 0.4) is 0 Å². The number of anilines is 1. The van der Waals surface area contributed by atoms with Crippen molar-refractivity contribution in [2.24, 2.45) is 11.8 Å². The number of ether oxygens (including phenoxy) is 1. The number of carboxylic acid groups (broad SMARTS) is 1. The maximum absolute atomic E-state index is 12.8. The first kappa shape index (κ1) is 15.3. The number of nitrogens with zero attached hydrogens (tertiary/aromatic N) is 1. The molecule has 2 N–H and O–H groups in total. The van der Waals surface area contributed by atoms with Gasteiger partial charge < -0.3 is 20.1 Å². The van der Waals surface area contributed by atoms with Crippen molar-refractivity contribution in [3.63, 3.8) is 0 Å². The second-order valence-electron chi connectivity index (χ2n) is 6.06. The maximum Gasteiger partial charge on any atom is 0.308 e. The van der Waals surface area contributed by atoms with Crippen LogP contribution in [0.5, 0.6) is 5.75 Å². The lowest BCUT2D eigenvalue weighted by Crippen LogP contribution is -2.36. The van der Waals surface area contributed by atoms with E-state index < -0.39 is 18.0 Å². The Labute approximate surface area is 133 Å². The molecular formula is C16H18N2O5. The van der Waals surface area contributed by atoms with Gasteiger partial charge in [0.15, 0.2) is 11.9 Å². The van der Waals surface area contributed by atoms with Crippen molar-refractivity contribution in [1.82, 2.24) is 4.90 Å². The Morgan fingerprint density at radius 2 is 2.04 bits per heavy atom. The Morgan fingerprint density at radius 1 is 1.30 bits per heavy atom. The summed E-state index contributed by atoms with van der Waals surface area (Å²) < 4.78 is 5.58. The molecule has 0 aromatic heterocycles. The van der Waals surface area contributed by atoms with Crippen molar-refractivity contribution in [1.29, 1.82) is 0 Å². The minimum Gasteiger partial charge on any atom is -0.481 e. The van der Waals surface area contributed by atoms with Crippen LogP contribution < -0.4 is 10.1 Å². The molecule has 2 heterocycles. The molecule has 1 saturated heterocycles. The Kier molecular flexibility index (Phi) is 3.71. The largest absolute Gasteiger partial charge is 0.481 e. The van der Waals surface area contributed by atoms with Gasteiger partial charge in [-0.3, -0.25) is 14.4 Å². The molecule has 0 bridgehead atoms. The van der Waals surface area contributed by atoms with E-state index in [9.17, 15) is 19.5 Å². The Morgan fingerprint density at radius 3 is 2.70 bits per heavy atom. The van der Waals surface area contributed by atoms with E-state index in [0.29, 0.717) is 23.5 Å². The molecule has 122 valence electrons. The van der Waals surface area contributed by atoms with Crippen molar-refractivity contribution in [2.75, 3.05) is 18.4 Å². The number of nitrogens with one attached hydrogen (secondary N) is 1. The average molecular weight is 318 g/mol. The van der Waals surface area contributed by atoms with Gasteiger partial charge in [-0.15, -0.1) is 0 Å². The molecule has 3 rings (SSSR count). The zero-order valence-electron chi connectivity index (χ0n) is 12.9. The molecule has 7 nitrogen and oxygen atoms in total. The van der Waals surface area contributed by atoms with Crippen LogP contribution in [0.4, 0.5) is 5.69 Å². The number of carbonyl (C=O) groups is 3. The van der Waals surface area contributed by atoms with Crippen LogP contribution in [-0.2, 0) is 9.59 Å². The quantitative estimate of drug-likeness (QED) is 0.854. The van der Waals surface area contributed by atoms with Gasteiger partial charge in [-0.1, -0.05) is 13.0 Å². The summed E-state index contributed by atoms with van der Waals surface area (Å²) in [5.41, 5.74) is 0.800. The van der Waals surface area contributed by atoms with Gasteiger partial charge in [0, 0.05) is 13.1 Å². The zero-order valence-corrected chi connectivity index (χ0v) is 12.9. The Hall–Kier alpha value is -2.57. The molecule has 1 unspecified atom stereocenters. The first-order chi connectivity index (χ1) is 10.9. The zero-order chi connectivity index (χ0) is 16.7. The van der Waals surface area contributed by atoms with Crippen LogP contribution in [-0.4, -0.2) is 47.0 Å². The van der Waals surface area contributed by atoms with E-state index in [1.165, 1.54) is 4.90 Å². The molecule has 3 atom stereocenters. The molecule has 1 aromatic rings. The Bertz CT molecular complexity index is 687. The molecule has 2 aliphatic heterocycles. The number of hydrogen-bond acceptors (Lipinski definition) is 4. The third-order valence-electron chi connectivity index (χ3n) is 4.38. The fraction of sp³-hybridized carbons (Fsp3) is 0.438. The van der Waals surface area contributed by atoms with Gasteiger partial charge in [0.05, 0.1) is 17.2 Å². The summed E-state index contributed by atoms with van der Waals surface area (Å²) in [5.74, 6) is -1.74. The van der Waals surface area contributed by atoms with Crippen LogP contribution in [0.25, 0.3) is 0 Å². The standard InChI is InChI=1S/C16H18N2O5/c1-8-6-18(7-11(8)16(21)22)15(20)10-4-3-5-12-13(10)23-9(2)14(19)17-12/h3-5,8-9,11H,6-7H2,1-2H3,(H,17,19)(H,21,22)/t8-,9?,11-/m1/s1. The first-order valence-electron chi connectivity index (χ1n) is 7.51. The van der Waals surface area contributed by atoms with Crippen molar-refractivity contribution >= 4 is 23.5 Å². The number of para-hydroxylation sites is 1. The molecule has 0 saturated carbocycles. The highest BCUT2D eigenvalue weighted by molar-refractivity contribution is 6.04. The monoisotopic (exact) mass is 318 g/mol. The predicted molar refractivity (Wildman–Crippen MR) is 81.4 cm³/mol. The molecule has 0 aliphatic carbocycles. The number of amides is 2. The second kappa shape index (κ2) is 5.57. The van der Waals surface area contributed by atoms with E-state index in [0.717, 1.165) is 0 Å². The summed E-state index contributed by atoms with van der Waals surface area (Å²) in [6.45, 7) is 4.01. The SMILES string of the molecule is CC1Oc2c(cccc2C(=O)N2C[C@@H](C)[C@H](C(=O)O)C2)NC1=O. The first-order valence-corrected chi connectivity index (χ1v) is 7.51. The molecule has 0 spiro atoms. The Balaban J connectivity index is 1.89. The van der Waals surface area contributed by atoms with Crippen LogP contribution in [0.1, 0.15) is 24.2 Å². The summed E-state index contributed by atoms with van der Waals surface area (Å²) in [6, 6.07) is 4.96. The average Bonchev–Trinajstić information content (AvgIpc) is 2.89. The highest BCUT2D eigenvalue weighted by atomic mass is 16.5. The summed E-state index contributed by atoms with van der Waals surface area (Å²) >= 11 is 0. The van der Waals surface area contributed by atoms with Gasteiger partial charge in [0.1, 0.15) is 0 Å². The second-order valence-corrected chi connectivity index (χ2v) is 6.06. The van der Waals surface area contributed by atoms with Gasteiger partial charge >= 0.3 is 5.97 Å². The normalized spacial score (nSPS) is 26.3. The third-order valence-corrected chi connectivity index (χ3v) is 4.38. The number of rotatable bonds is 2. The van der Waals surface area contributed by atoms with E-state index in [2.05, 4.69) is 5.32 Å². The number of carbonyl (C=O) groups excluding carboxylic acids is 2. The number of aliphatic carboxylic acids is 1. The highest BCUT2D eigenvalue weighted by Gasteiger charge is 2.38. The summed E-state index contributed by atoms with van der Waals surface area (Å²) in [6.07, 6.45) is -0.680. The molecule has 0 radical (unpaired) electrons. The van der Waals surface area contributed by atoms with Crippen molar-refractivity contribution < 1.29 is 24.2 Å². The van der Waals surface area contributed by atoms with E-state index in [1.807, 2.05) is 6.92 Å². The van der Waals surface area contributed by atoms with Crippen molar-refractivity contribution in [3.05, 3.63) is 23.8 Å². The molecular weight excluding hydrogens is 300 g/mol. The van der Waals surface area contributed by atoms with Gasteiger partial charge in [-0.2, -0.15) is 0 Å². The lowest BCUT2D eigenvalue weighted by molar-refractivity contribution is -0.142. The van der Waals surface area contributed by atoms with Crippen molar-refractivity contribution in [2.45, 2.75) is 20.0 Å². The lowest BCUT2D eigenvalue weighted by Gasteiger charge is -2.26. The molecule has 23 heavy (non-hydrogen) atoms. The number of benzene rings is 1. The van der Waals surface area contributed by atoms with Crippen molar-refractivity contribution in [3.8, 4) is 5.75 Å². The van der Waals surface area contributed by atoms with Gasteiger partial charge in [0.25, 0.3) is 11.8 Å². The molecule has 1 fully saturated rings. The van der Waals surface area contributed by atoms with Crippen LogP contribution in [0, 0.1) is 11.8 Å². The fourth-order valence-corrected chi connectivity index (χ4v) is 3.02. The van der Waals surface area contributed by atoms with E-state index >= 15 is 0 Å².